The van der Waals surface area contributed by atoms with Crippen molar-refractivity contribution < 1.29 is 53.8 Å². The van der Waals surface area contributed by atoms with E-state index in [1.165, 1.54) is 0 Å². The molecule has 0 bridgehead atoms. The Morgan fingerprint density at radius 3 is 0.767 bits per heavy atom. The van der Waals surface area contributed by atoms with Gasteiger partial charge in [0.25, 0.3) is 0 Å². The van der Waals surface area contributed by atoms with Gasteiger partial charge in [-0.15, -0.1) is 0 Å². The fourth-order valence-corrected chi connectivity index (χ4v) is 6.21. The number of phosphoric acid groups is 2. The van der Waals surface area contributed by atoms with E-state index in [-0.39, 0.29) is 16.8 Å². The van der Waals surface area contributed by atoms with Crippen molar-refractivity contribution in [3.63, 3.8) is 0 Å². The Labute approximate surface area is 277 Å². The second-order valence-electron chi connectivity index (χ2n) is 11.8. The van der Waals surface area contributed by atoms with Crippen molar-refractivity contribution in [2.75, 3.05) is 26.4 Å². The Hall–Kier alpha value is 0.726. The number of unbranched alkanes of at least 4 members (excludes halogenated alkanes) is 4. The average Bonchev–Trinajstić information content (AvgIpc) is 2.98. The van der Waals surface area contributed by atoms with Crippen molar-refractivity contribution in [1.29, 1.82) is 0 Å². The summed E-state index contributed by atoms with van der Waals surface area (Å²) < 4.78 is 44.5. The van der Waals surface area contributed by atoms with E-state index >= 15 is 0 Å². The summed E-state index contributed by atoms with van der Waals surface area (Å²) >= 11 is 0. The SMILES string of the molecule is CCCCC(CC)COP(=O)(O)OCC(CC)CCCC.CCCCC(CC)COP(=O)(O)OCC(CC)CCCC.[Co]. The summed E-state index contributed by atoms with van der Waals surface area (Å²) in [6, 6.07) is 0. The molecule has 8 nitrogen and oxygen atoms in total. The zero-order valence-corrected chi connectivity index (χ0v) is 31.9. The summed E-state index contributed by atoms with van der Waals surface area (Å²) in [5, 5.41) is 0. The second-order valence-corrected chi connectivity index (χ2v) is 14.7. The van der Waals surface area contributed by atoms with Crippen LogP contribution in [0.1, 0.15) is 158 Å². The van der Waals surface area contributed by atoms with E-state index in [0.717, 1.165) is 103 Å². The Bertz CT molecular complexity index is 582. The van der Waals surface area contributed by atoms with E-state index in [9.17, 15) is 18.9 Å². The molecule has 0 heterocycles. The molecule has 0 aliphatic heterocycles. The molecule has 0 aliphatic carbocycles. The Kier molecular flexibility index (Phi) is 35.1. The Morgan fingerprint density at radius 1 is 0.442 bits per heavy atom. The van der Waals surface area contributed by atoms with Crippen LogP contribution in [0, 0.1) is 23.7 Å². The van der Waals surface area contributed by atoms with Gasteiger partial charge in [-0.3, -0.25) is 18.1 Å². The molecule has 43 heavy (non-hydrogen) atoms. The van der Waals surface area contributed by atoms with E-state index in [1.807, 2.05) is 0 Å². The number of hydrogen-bond acceptors (Lipinski definition) is 6. The average molecular weight is 704 g/mol. The third kappa shape index (κ3) is 29.8. The van der Waals surface area contributed by atoms with E-state index in [4.69, 9.17) is 18.1 Å². The number of rotatable bonds is 28. The van der Waals surface area contributed by atoms with Crippen molar-refractivity contribution in [2.24, 2.45) is 23.7 Å². The van der Waals surface area contributed by atoms with E-state index in [1.54, 1.807) is 0 Å². The summed E-state index contributed by atoms with van der Waals surface area (Å²) in [7, 11) is -7.78. The van der Waals surface area contributed by atoms with Crippen LogP contribution in [0.4, 0.5) is 0 Å². The molecule has 1 radical (unpaired) electrons. The molecule has 0 saturated heterocycles. The van der Waals surface area contributed by atoms with Crippen LogP contribution in [-0.4, -0.2) is 36.2 Å². The largest absolute Gasteiger partial charge is 0.472 e. The zero-order chi connectivity index (χ0) is 32.3. The van der Waals surface area contributed by atoms with Crippen molar-refractivity contribution in [3.8, 4) is 0 Å². The zero-order valence-electron chi connectivity index (χ0n) is 29.0. The van der Waals surface area contributed by atoms with Crippen LogP contribution in [0.2, 0.25) is 0 Å². The number of phosphoric ester groups is 2. The maximum absolute atomic E-state index is 11.9. The first-order valence-electron chi connectivity index (χ1n) is 17.2. The molecule has 0 spiro atoms. The summed E-state index contributed by atoms with van der Waals surface area (Å²) in [5.41, 5.74) is 0. The molecular weight excluding hydrogens is 633 g/mol. The fraction of sp³-hybridized carbons (Fsp3) is 1.00. The predicted molar refractivity (Wildman–Crippen MR) is 177 cm³/mol. The third-order valence-electron chi connectivity index (χ3n) is 8.07. The van der Waals surface area contributed by atoms with Crippen molar-refractivity contribution in [1.82, 2.24) is 0 Å². The van der Waals surface area contributed by atoms with E-state index in [0.29, 0.717) is 50.1 Å². The standard InChI is InChI=1S/2C16H35O4P.Co/c2*1-5-9-11-15(7-3)13-19-21(17,18)20-14-16(8-4)12-10-6-2;/h2*15-16H,5-14H2,1-4H3,(H,17,18);. The van der Waals surface area contributed by atoms with Gasteiger partial charge in [-0.1, -0.05) is 132 Å². The molecule has 0 aliphatic rings. The van der Waals surface area contributed by atoms with Gasteiger partial charge < -0.3 is 9.79 Å². The van der Waals surface area contributed by atoms with Gasteiger partial charge in [0.1, 0.15) is 0 Å². The first kappa shape index (κ1) is 48.1. The topological polar surface area (TPSA) is 112 Å². The van der Waals surface area contributed by atoms with E-state index < -0.39 is 15.6 Å². The molecule has 4 unspecified atom stereocenters. The van der Waals surface area contributed by atoms with Crippen LogP contribution in [-0.2, 0) is 44.0 Å². The van der Waals surface area contributed by atoms with Crippen molar-refractivity contribution >= 4 is 15.6 Å². The van der Waals surface area contributed by atoms with Crippen LogP contribution >= 0.6 is 15.6 Å². The molecule has 11 heteroatoms. The summed E-state index contributed by atoms with van der Waals surface area (Å²) in [6.07, 6.45) is 17.1. The Balaban J connectivity index is -0.000000727. The molecule has 265 valence electrons. The normalized spacial score (nSPS) is 17.0. The molecular formula is C32H70CoO8P2. The quantitative estimate of drug-likeness (QED) is 0.0775. The maximum Gasteiger partial charge on any atom is 0.472 e. The summed E-state index contributed by atoms with van der Waals surface area (Å²) in [5.74, 6) is 1.37. The molecule has 0 aromatic heterocycles. The molecule has 0 amide bonds. The summed E-state index contributed by atoms with van der Waals surface area (Å²) in [6.45, 7) is 18.2. The van der Waals surface area contributed by atoms with Crippen LogP contribution in [0.5, 0.6) is 0 Å². The summed E-state index contributed by atoms with van der Waals surface area (Å²) in [4.78, 5) is 19.5. The van der Waals surface area contributed by atoms with Gasteiger partial charge >= 0.3 is 15.6 Å². The van der Waals surface area contributed by atoms with Gasteiger partial charge in [0.05, 0.1) is 26.4 Å². The predicted octanol–water partition coefficient (Wildman–Crippen LogP) is 11.1. The second kappa shape index (κ2) is 31.3. The van der Waals surface area contributed by atoms with Crippen LogP contribution in [0.15, 0.2) is 0 Å². The monoisotopic (exact) mass is 703 g/mol. The Morgan fingerprint density at radius 2 is 0.628 bits per heavy atom. The van der Waals surface area contributed by atoms with Crippen LogP contribution in [0.3, 0.4) is 0 Å². The smallest absolute Gasteiger partial charge is 0.302 e. The minimum absolute atomic E-state index is 0. The molecule has 4 atom stereocenters. The maximum atomic E-state index is 11.9. The minimum Gasteiger partial charge on any atom is -0.302 e. The molecule has 0 aromatic carbocycles. The van der Waals surface area contributed by atoms with Crippen LogP contribution in [0.25, 0.3) is 0 Å². The molecule has 0 rings (SSSR count). The van der Waals surface area contributed by atoms with Gasteiger partial charge in [-0.05, 0) is 49.4 Å². The van der Waals surface area contributed by atoms with Crippen molar-refractivity contribution in [2.45, 2.75) is 158 Å². The van der Waals surface area contributed by atoms with Gasteiger partial charge in [-0.2, -0.15) is 0 Å². The van der Waals surface area contributed by atoms with Crippen molar-refractivity contribution in [3.05, 3.63) is 0 Å². The minimum atomic E-state index is -3.89. The first-order valence-corrected chi connectivity index (χ1v) is 20.2. The van der Waals surface area contributed by atoms with E-state index in [2.05, 4.69) is 55.4 Å². The van der Waals surface area contributed by atoms with Gasteiger partial charge in [0.2, 0.25) is 0 Å². The third-order valence-corrected chi connectivity index (χ3v) is 9.97. The molecule has 0 saturated carbocycles. The van der Waals surface area contributed by atoms with Gasteiger partial charge in [0.15, 0.2) is 0 Å². The number of hydrogen-bond donors (Lipinski definition) is 2. The molecule has 0 aromatic rings. The fourth-order valence-electron chi connectivity index (χ4n) is 4.47. The first-order chi connectivity index (χ1) is 20.0. The van der Waals surface area contributed by atoms with Gasteiger partial charge in [0, 0.05) is 16.8 Å². The van der Waals surface area contributed by atoms with Crippen LogP contribution < -0.4 is 0 Å². The molecule has 2 N–H and O–H groups in total. The van der Waals surface area contributed by atoms with Gasteiger partial charge in [-0.25, -0.2) is 9.13 Å². The molecule has 0 fully saturated rings.